The van der Waals surface area contributed by atoms with Crippen molar-refractivity contribution in [3.05, 3.63) is 0 Å². The number of nitrogens with zero attached hydrogens (tertiary/aromatic N) is 4. The van der Waals surface area contributed by atoms with Crippen LogP contribution in [0.2, 0.25) is 0 Å². The Morgan fingerprint density at radius 1 is 0.510 bits per heavy atom. The number of amides is 2. The zero-order valence-corrected chi connectivity index (χ0v) is 33.8. The van der Waals surface area contributed by atoms with Crippen LogP contribution < -0.4 is 10.6 Å². The molecule has 8 rings (SSSR count). The van der Waals surface area contributed by atoms with Crippen LogP contribution in [0, 0.1) is 35.5 Å². The fourth-order valence-electron chi connectivity index (χ4n) is 8.89. The molecule has 294 valence electrons. The van der Waals surface area contributed by atoms with Crippen molar-refractivity contribution in [1.82, 2.24) is 30.2 Å². The summed E-state index contributed by atoms with van der Waals surface area (Å²) in [5.74, 6) is 4.96. The fraction of sp³-hybridized carbons (Fsp3) is 0.950. The minimum Gasteiger partial charge on any atom is -0.444 e. The average molecular weight is 738 g/mol. The van der Waals surface area contributed by atoms with Gasteiger partial charge in [-0.2, -0.15) is 0 Å². The van der Waals surface area contributed by atoms with E-state index in [0.29, 0.717) is 11.8 Å². The molecule has 0 spiro atoms. The molecule has 10 nitrogen and oxygen atoms in total. The lowest BCUT2D eigenvalue weighted by Crippen LogP contribution is -2.56. The summed E-state index contributed by atoms with van der Waals surface area (Å²) in [6.45, 7) is 25.3. The molecule has 8 aliphatic rings. The second-order valence-corrected chi connectivity index (χ2v) is 19.1. The van der Waals surface area contributed by atoms with Crippen molar-refractivity contribution in [3.63, 3.8) is 0 Å². The summed E-state index contributed by atoms with van der Waals surface area (Å²) >= 11 is 0. The van der Waals surface area contributed by atoms with E-state index in [1.54, 1.807) is 0 Å². The molecule has 2 aliphatic carbocycles. The van der Waals surface area contributed by atoms with Gasteiger partial charge in [0, 0.05) is 51.4 Å². The standard InChI is InChI=1S/C16H28N2O2.C13H24N2O2.C11H20N2.ClH/c1-16(2,3)20-15(19)18-10-13(11-18)12-5-4-8-17(9-12)14-6-7-14;1-13(2,3)17-12(16)15-8-11(9-15)10-5-4-6-14-7-10;1-2-9(10-6-12-7-10)8-13(5-1)11-3-4-11;/h12-14H,4-11H2,1-3H3;10-11,14H,4-9H2,1-3H3;9-12H,1-8H2;1H. The highest BCUT2D eigenvalue weighted by Crippen LogP contribution is 2.37. The summed E-state index contributed by atoms with van der Waals surface area (Å²) in [7, 11) is 0. The molecule has 51 heavy (non-hydrogen) atoms. The van der Waals surface area contributed by atoms with Crippen LogP contribution in [0.3, 0.4) is 0 Å². The Bertz CT molecular complexity index is 1100. The number of hydrogen-bond acceptors (Lipinski definition) is 8. The highest BCUT2D eigenvalue weighted by molar-refractivity contribution is 5.85. The summed E-state index contributed by atoms with van der Waals surface area (Å²) in [5.41, 5.74) is -0.760. The van der Waals surface area contributed by atoms with Crippen LogP contribution in [-0.4, -0.2) is 134 Å². The number of likely N-dealkylation sites (tertiary alicyclic amines) is 4. The molecule has 11 heteroatoms. The Hall–Kier alpha value is -1.33. The molecular weight excluding hydrogens is 664 g/mol. The maximum absolute atomic E-state index is 11.9. The molecule has 0 radical (unpaired) electrons. The lowest BCUT2D eigenvalue weighted by molar-refractivity contribution is -0.0202. The molecule has 6 aliphatic heterocycles. The minimum absolute atomic E-state index is 0. The third-order valence-corrected chi connectivity index (χ3v) is 12.4. The topological polar surface area (TPSA) is 89.6 Å². The summed E-state index contributed by atoms with van der Waals surface area (Å²) in [6, 6.07) is 1.88. The molecular formula is C40H73ClN6O4. The van der Waals surface area contributed by atoms with E-state index in [9.17, 15) is 9.59 Å². The van der Waals surface area contributed by atoms with Crippen LogP contribution in [0.4, 0.5) is 9.59 Å². The van der Waals surface area contributed by atoms with Gasteiger partial charge >= 0.3 is 12.2 Å². The van der Waals surface area contributed by atoms with Crippen LogP contribution in [0.5, 0.6) is 0 Å². The van der Waals surface area contributed by atoms with E-state index in [1.807, 2.05) is 51.3 Å². The van der Waals surface area contributed by atoms with Crippen molar-refractivity contribution >= 4 is 24.6 Å². The van der Waals surface area contributed by atoms with Gasteiger partial charge in [0.05, 0.1) is 0 Å². The molecule has 8 fully saturated rings. The van der Waals surface area contributed by atoms with Gasteiger partial charge in [0.2, 0.25) is 0 Å². The molecule has 0 aromatic carbocycles. The van der Waals surface area contributed by atoms with Crippen molar-refractivity contribution in [3.8, 4) is 0 Å². The molecule has 2 N–H and O–H groups in total. The Morgan fingerprint density at radius 2 is 0.922 bits per heavy atom. The van der Waals surface area contributed by atoms with Gasteiger partial charge in [0.25, 0.3) is 0 Å². The number of rotatable bonds is 5. The smallest absolute Gasteiger partial charge is 0.410 e. The van der Waals surface area contributed by atoms with Crippen molar-refractivity contribution in [2.24, 2.45) is 35.5 Å². The van der Waals surface area contributed by atoms with Crippen molar-refractivity contribution in [2.45, 2.75) is 129 Å². The van der Waals surface area contributed by atoms with E-state index in [4.69, 9.17) is 9.47 Å². The van der Waals surface area contributed by atoms with Crippen molar-refractivity contribution in [1.29, 1.82) is 0 Å². The molecule has 3 unspecified atom stereocenters. The highest BCUT2D eigenvalue weighted by atomic mass is 35.5. The Kier molecular flexibility index (Phi) is 14.3. The molecule has 6 saturated heterocycles. The van der Waals surface area contributed by atoms with Crippen molar-refractivity contribution < 1.29 is 19.1 Å². The van der Waals surface area contributed by atoms with Crippen LogP contribution in [0.25, 0.3) is 0 Å². The lowest BCUT2D eigenvalue weighted by atomic mass is 9.81. The summed E-state index contributed by atoms with van der Waals surface area (Å²) in [4.78, 5) is 32.8. The molecule has 0 aromatic rings. The molecule has 2 amide bonds. The summed E-state index contributed by atoms with van der Waals surface area (Å²) < 4.78 is 10.8. The second-order valence-electron chi connectivity index (χ2n) is 19.1. The third-order valence-electron chi connectivity index (χ3n) is 12.4. The van der Waals surface area contributed by atoms with E-state index < -0.39 is 0 Å². The van der Waals surface area contributed by atoms with Gasteiger partial charge in [-0.1, -0.05) is 0 Å². The van der Waals surface area contributed by atoms with Crippen LogP contribution in [0.1, 0.15) is 106 Å². The number of nitrogens with one attached hydrogen (secondary N) is 2. The number of carbonyl (C=O) groups excluding carboxylic acids is 2. The van der Waals surface area contributed by atoms with Gasteiger partial charge in [-0.15, -0.1) is 12.4 Å². The van der Waals surface area contributed by atoms with Gasteiger partial charge in [-0.25, -0.2) is 9.59 Å². The lowest BCUT2D eigenvalue weighted by Gasteiger charge is -2.46. The van der Waals surface area contributed by atoms with E-state index in [2.05, 4.69) is 20.4 Å². The van der Waals surface area contributed by atoms with Gasteiger partial charge in [-0.3, -0.25) is 0 Å². The molecule has 0 bridgehead atoms. The number of halogens is 1. The zero-order chi connectivity index (χ0) is 35.5. The normalized spacial score (nSPS) is 29.8. The van der Waals surface area contributed by atoms with Crippen LogP contribution in [0.15, 0.2) is 0 Å². The SMILES string of the molecule is C1CC(C2CNC2)CN(C2CC2)C1.CC(C)(C)OC(=O)N1CC(C2CCCN(C3CC3)C2)C1.CC(C)(C)OC(=O)N1CC(C2CCCNC2)C1.Cl. The molecule has 6 heterocycles. The Balaban J connectivity index is 0.000000150. The quantitative estimate of drug-likeness (QED) is 0.351. The first-order valence-electron chi connectivity index (χ1n) is 20.7. The minimum atomic E-state index is -0.380. The number of ether oxygens (including phenoxy) is 2. The molecule has 3 atom stereocenters. The van der Waals surface area contributed by atoms with Gasteiger partial charge in [0.15, 0.2) is 0 Å². The van der Waals surface area contributed by atoms with E-state index in [0.717, 1.165) is 75.0 Å². The zero-order valence-electron chi connectivity index (χ0n) is 33.0. The second kappa shape index (κ2) is 17.9. The highest BCUT2D eigenvalue weighted by Gasteiger charge is 2.42. The van der Waals surface area contributed by atoms with E-state index in [-0.39, 0.29) is 35.8 Å². The van der Waals surface area contributed by atoms with Crippen LogP contribution in [-0.2, 0) is 9.47 Å². The first-order chi connectivity index (χ1) is 23.8. The fourth-order valence-corrected chi connectivity index (χ4v) is 8.89. The number of hydrogen-bond donors (Lipinski definition) is 2. The van der Waals surface area contributed by atoms with Gasteiger partial charge in [-0.05, 0) is 181 Å². The van der Waals surface area contributed by atoms with Crippen molar-refractivity contribution in [2.75, 3.05) is 78.5 Å². The van der Waals surface area contributed by atoms with E-state index in [1.165, 1.54) is 103 Å². The average Bonchev–Trinajstić information content (AvgIpc) is 3.89. The first kappa shape index (κ1) is 40.8. The largest absolute Gasteiger partial charge is 0.444 e. The third kappa shape index (κ3) is 12.3. The van der Waals surface area contributed by atoms with Gasteiger partial charge in [0.1, 0.15) is 11.2 Å². The Labute approximate surface area is 316 Å². The maximum Gasteiger partial charge on any atom is 0.410 e. The van der Waals surface area contributed by atoms with Gasteiger partial charge < -0.3 is 39.7 Å². The monoisotopic (exact) mass is 737 g/mol. The summed E-state index contributed by atoms with van der Waals surface area (Å²) in [6.07, 6.45) is 13.7. The first-order valence-corrected chi connectivity index (χ1v) is 20.7. The Morgan fingerprint density at radius 3 is 1.29 bits per heavy atom. The molecule has 2 saturated carbocycles. The predicted molar refractivity (Wildman–Crippen MR) is 206 cm³/mol. The number of piperidine rings is 3. The summed E-state index contributed by atoms with van der Waals surface area (Å²) in [5, 5.41) is 6.83. The maximum atomic E-state index is 11.9. The molecule has 0 aromatic heterocycles. The van der Waals surface area contributed by atoms with Crippen LogP contribution >= 0.6 is 12.4 Å². The number of carbonyl (C=O) groups is 2. The van der Waals surface area contributed by atoms with E-state index >= 15 is 0 Å². The predicted octanol–water partition coefficient (Wildman–Crippen LogP) is 6.08.